The van der Waals surface area contributed by atoms with Crippen LogP contribution in [0.3, 0.4) is 0 Å². The van der Waals surface area contributed by atoms with Crippen molar-refractivity contribution in [2.75, 3.05) is 19.0 Å². The van der Waals surface area contributed by atoms with Gasteiger partial charge in [-0.2, -0.15) is 5.10 Å². The molecule has 0 saturated heterocycles. The van der Waals surface area contributed by atoms with E-state index in [4.69, 9.17) is 9.84 Å². The Morgan fingerprint density at radius 3 is 2.88 bits per heavy atom. The SMILES string of the molecule is COc1cc(C(=O)O)ccc1CCNc1ccnc2c1c(C)nn2C. The van der Waals surface area contributed by atoms with Gasteiger partial charge >= 0.3 is 5.97 Å². The third kappa shape index (κ3) is 3.26. The van der Waals surface area contributed by atoms with E-state index in [-0.39, 0.29) is 5.56 Å². The fourth-order valence-corrected chi connectivity index (χ4v) is 2.94. The number of ether oxygens (including phenoxy) is 1. The molecule has 0 unspecified atom stereocenters. The average Bonchev–Trinajstić information content (AvgIpc) is 2.90. The number of hydrogen-bond acceptors (Lipinski definition) is 5. The van der Waals surface area contributed by atoms with Gasteiger partial charge in [-0.1, -0.05) is 6.07 Å². The van der Waals surface area contributed by atoms with Gasteiger partial charge in [0.25, 0.3) is 0 Å². The number of nitrogens with one attached hydrogen (secondary N) is 1. The number of anilines is 1. The number of aromatic carboxylic acids is 1. The molecular weight excluding hydrogens is 320 g/mol. The van der Waals surface area contributed by atoms with E-state index in [1.54, 1.807) is 36.2 Å². The van der Waals surface area contributed by atoms with E-state index >= 15 is 0 Å². The fourth-order valence-electron chi connectivity index (χ4n) is 2.94. The molecule has 0 atom stereocenters. The van der Waals surface area contributed by atoms with Crippen LogP contribution in [-0.2, 0) is 13.5 Å². The number of aromatic nitrogens is 3. The van der Waals surface area contributed by atoms with Crippen molar-refractivity contribution in [3.63, 3.8) is 0 Å². The molecular formula is C18H20N4O3. The van der Waals surface area contributed by atoms with Gasteiger partial charge in [-0.15, -0.1) is 0 Å². The number of aryl methyl sites for hydroxylation is 2. The van der Waals surface area contributed by atoms with Crippen molar-refractivity contribution >= 4 is 22.7 Å². The molecule has 0 spiro atoms. The summed E-state index contributed by atoms with van der Waals surface area (Å²) in [5, 5.41) is 17.9. The maximum Gasteiger partial charge on any atom is 0.335 e. The molecule has 25 heavy (non-hydrogen) atoms. The number of hydrogen-bond donors (Lipinski definition) is 2. The molecule has 2 N–H and O–H groups in total. The Labute approximate surface area is 145 Å². The number of carbonyl (C=O) groups is 1. The fraction of sp³-hybridized carbons (Fsp3) is 0.278. The van der Waals surface area contributed by atoms with Gasteiger partial charge < -0.3 is 15.2 Å². The van der Waals surface area contributed by atoms with Gasteiger partial charge in [0, 0.05) is 25.5 Å². The summed E-state index contributed by atoms with van der Waals surface area (Å²) >= 11 is 0. The Morgan fingerprint density at radius 1 is 1.36 bits per heavy atom. The molecule has 2 aromatic heterocycles. The highest BCUT2D eigenvalue weighted by Gasteiger charge is 2.12. The van der Waals surface area contributed by atoms with Gasteiger partial charge in [0.2, 0.25) is 0 Å². The highest BCUT2D eigenvalue weighted by Crippen LogP contribution is 2.25. The van der Waals surface area contributed by atoms with E-state index in [9.17, 15) is 4.79 Å². The van der Waals surface area contributed by atoms with Crippen molar-refractivity contribution < 1.29 is 14.6 Å². The summed E-state index contributed by atoms with van der Waals surface area (Å²) in [6.07, 6.45) is 2.46. The number of fused-ring (bicyclic) bond motifs is 1. The third-order valence-corrected chi connectivity index (χ3v) is 4.14. The molecule has 7 nitrogen and oxygen atoms in total. The van der Waals surface area contributed by atoms with Gasteiger partial charge in [0.05, 0.1) is 23.8 Å². The first-order valence-electron chi connectivity index (χ1n) is 7.93. The lowest BCUT2D eigenvalue weighted by atomic mass is 10.1. The third-order valence-electron chi connectivity index (χ3n) is 4.14. The highest BCUT2D eigenvalue weighted by molar-refractivity contribution is 5.91. The summed E-state index contributed by atoms with van der Waals surface area (Å²) in [6, 6.07) is 6.87. The lowest BCUT2D eigenvalue weighted by molar-refractivity contribution is 0.0696. The van der Waals surface area contributed by atoms with Crippen molar-refractivity contribution in [2.45, 2.75) is 13.3 Å². The number of carboxylic acid groups (broad SMARTS) is 1. The summed E-state index contributed by atoms with van der Waals surface area (Å²) in [7, 11) is 3.42. The lowest BCUT2D eigenvalue weighted by Crippen LogP contribution is -2.07. The zero-order valence-electron chi connectivity index (χ0n) is 14.4. The zero-order valence-corrected chi connectivity index (χ0v) is 14.4. The molecule has 7 heteroatoms. The summed E-state index contributed by atoms with van der Waals surface area (Å²) < 4.78 is 7.08. The Kier molecular flexibility index (Phi) is 4.56. The molecule has 0 radical (unpaired) electrons. The second kappa shape index (κ2) is 6.80. The molecule has 0 saturated carbocycles. The van der Waals surface area contributed by atoms with Crippen molar-refractivity contribution in [3.8, 4) is 5.75 Å². The minimum absolute atomic E-state index is 0.218. The molecule has 0 aliphatic rings. The Balaban J connectivity index is 1.77. The second-order valence-corrected chi connectivity index (χ2v) is 5.77. The van der Waals surface area contributed by atoms with Crippen LogP contribution in [0.25, 0.3) is 11.0 Å². The van der Waals surface area contributed by atoms with Gasteiger partial charge in [-0.3, -0.25) is 4.68 Å². The van der Waals surface area contributed by atoms with E-state index in [2.05, 4.69) is 15.4 Å². The second-order valence-electron chi connectivity index (χ2n) is 5.77. The molecule has 130 valence electrons. The Hall–Kier alpha value is -3.09. The lowest BCUT2D eigenvalue weighted by Gasteiger charge is -2.11. The molecule has 0 fully saturated rings. The van der Waals surface area contributed by atoms with Crippen LogP contribution in [-0.4, -0.2) is 39.5 Å². The first-order valence-corrected chi connectivity index (χ1v) is 7.93. The molecule has 2 heterocycles. The number of pyridine rings is 1. The monoisotopic (exact) mass is 340 g/mol. The summed E-state index contributed by atoms with van der Waals surface area (Å²) in [4.78, 5) is 15.4. The van der Waals surface area contributed by atoms with Gasteiger partial charge in [0.1, 0.15) is 5.75 Å². The molecule has 0 aliphatic carbocycles. The van der Waals surface area contributed by atoms with E-state index in [1.165, 1.54) is 0 Å². The van der Waals surface area contributed by atoms with Crippen LogP contribution in [0, 0.1) is 6.92 Å². The maximum absolute atomic E-state index is 11.1. The first-order chi connectivity index (χ1) is 12.0. The average molecular weight is 340 g/mol. The normalized spacial score (nSPS) is 10.8. The topological polar surface area (TPSA) is 89.3 Å². The van der Waals surface area contributed by atoms with Crippen LogP contribution in [0.1, 0.15) is 21.6 Å². The predicted molar refractivity (Wildman–Crippen MR) is 95.4 cm³/mol. The largest absolute Gasteiger partial charge is 0.496 e. The number of nitrogens with zero attached hydrogens (tertiary/aromatic N) is 3. The van der Waals surface area contributed by atoms with E-state index < -0.39 is 5.97 Å². The maximum atomic E-state index is 11.1. The van der Waals surface area contributed by atoms with E-state index in [1.807, 2.05) is 20.0 Å². The van der Waals surface area contributed by atoms with E-state index in [0.29, 0.717) is 18.7 Å². The Morgan fingerprint density at radius 2 is 2.16 bits per heavy atom. The van der Waals surface area contributed by atoms with Crippen LogP contribution < -0.4 is 10.1 Å². The van der Waals surface area contributed by atoms with Crippen LogP contribution >= 0.6 is 0 Å². The Bertz CT molecular complexity index is 933. The van der Waals surface area contributed by atoms with Gasteiger partial charge in [-0.05, 0) is 37.1 Å². The van der Waals surface area contributed by atoms with Crippen LogP contribution in [0.5, 0.6) is 5.75 Å². The number of benzene rings is 1. The summed E-state index contributed by atoms with van der Waals surface area (Å²) in [5.74, 6) is -0.381. The molecule has 0 aliphatic heterocycles. The van der Waals surface area contributed by atoms with Crippen molar-refractivity contribution in [1.29, 1.82) is 0 Å². The smallest absolute Gasteiger partial charge is 0.335 e. The number of rotatable bonds is 6. The van der Waals surface area contributed by atoms with Crippen molar-refractivity contribution in [3.05, 3.63) is 47.3 Å². The molecule has 0 amide bonds. The standard InChI is InChI=1S/C18H20N4O3/c1-11-16-14(7-9-20-17(16)22(2)21-11)19-8-6-12-4-5-13(18(23)24)10-15(12)25-3/h4-5,7,9-10H,6,8H2,1-3H3,(H,19,20)(H,23,24). The summed E-state index contributed by atoms with van der Waals surface area (Å²) in [6.45, 7) is 2.64. The minimum Gasteiger partial charge on any atom is -0.496 e. The van der Waals surface area contributed by atoms with E-state index in [0.717, 1.165) is 28.0 Å². The van der Waals surface area contributed by atoms with Crippen LogP contribution in [0.4, 0.5) is 5.69 Å². The number of methoxy groups -OCH3 is 1. The predicted octanol–water partition coefficient (Wildman–Crippen LogP) is 2.64. The van der Waals surface area contributed by atoms with Crippen LogP contribution in [0.2, 0.25) is 0 Å². The van der Waals surface area contributed by atoms with Gasteiger partial charge in [0.15, 0.2) is 5.65 Å². The molecule has 3 rings (SSSR count). The van der Waals surface area contributed by atoms with Crippen molar-refractivity contribution in [2.24, 2.45) is 7.05 Å². The highest BCUT2D eigenvalue weighted by atomic mass is 16.5. The number of carboxylic acids is 1. The molecule has 3 aromatic rings. The minimum atomic E-state index is -0.964. The first kappa shape index (κ1) is 16.8. The quantitative estimate of drug-likeness (QED) is 0.717. The van der Waals surface area contributed by atoms with Gasteiger partial charge in [-0.25, -0.2) is 9.78 Å². The summed E-state index contributed by atoms with van der Waals surface area (Å²) in [5.41, 5.74) is 3.92. The zero-order chi connectivity index (χ0) is 18.0. The van der Waals surface area contributed by atoms with Crippen LogP contribution in [0.15, 0.2) is 30.5 Å². The van der Waals surface area contributed by atoms with Crippen molar-refractivity contribution in [1.82, 2.24) is 14.8 Å². The molecule has 0 bridgehead atoms. The molecule has 1 aromatic carbocycles.